The van der Waals surface area contributed by atoms with Crippen molar-refractivity contribution < 1.29 is 8.78 Å². The predicted octanol–water partition coefficient (Wildman–Crippen LogP) is 3.27. The van der Waals surface area contributed by atoms with Gasteiger partial charge in [-0.15, -0.1) is 0 Å². The minimum absolute atomic E-state index is 0.171. The summed E-state index contributed by atoms with van der Waals surface area (Å²) in [7, 11) is 1.65. The Kier molecular flexibility index (Phi) is 2.26. The highest BCUT2D eigenvalue weighted by Crippen LogP contribution is 2.31. The standard InChI is InChI=1S/C9H7BrF2N2/c1-14-6-4-2-3-5(10)7(6)8(13-14)9(11)12/h2-4,9H,1H3. The highest BCUT2D eigenvalue weighted by Gasteiger charge is 2.18. The van der Waals surface area contributed by atoms with E-state index in [1.54, 1.807) is 25.2 Å². The second-order valence-electron chi connectivity index (χ2n) is 2.94. The van der Waals surface area contributed by atoms with Crippen LogP contribution in [-0.4, -0.2) is 9.78 Å². The van der Waals surface area contributed by atoms with Crippen LogP contribution >= 0.6 is 15.9 Å². The van der Waals surface area contributed by atoms with E-state index in [0.717, 1.165) is 0 Å². The molecule has 74 valence electrons. The van der Waals surface area contributed by atoms with Gasteiger partial charge in [0.05, 0.1) is 5.52 Å². The second-order valence-corrected chi connectivity index (χ2v) is 3.80. The van der Waals surface area contributed by atoms with Gasteiger partial charge < -0.3 is 0 Å². The third-order valence-electron chi connectivity index (χ3n) is 2.06. The van der Waals surface area contributed by atoms with Crippen LogP contribution in [0.2, 0.25) is 0 Å². The molecule has 1 aromatic carbocycles. The maximum atomic E-state index is 12.6. The Hall–Kier alpha value is -0.970. The monoisotopic (exact) mass is 260 g/mol. The first kappa shape index (κ1) is 9.58. The van der Waals surface area contributed by atoms with Gasteiger partial charge in [-0.3, -0.25) is 4.68 Å². The third kappa shape index (κ3) is 1.32. The maximum absolute atomic E-state index is 12.6. The van der Waals surface area contributed by atoms with E-state index in [4.69, 9.17) is 0 Å². The van der Waals surface area contributed by atoms with E-state index in [0.29, 0.717) is 15.4 Å². The molecule has 0 amide bonds. The van der Waals surface area contributed by atoms with Crippen molar-refractivity contribution in [3.05, 3.63) is 28.4 Å². The minimum atomic E-state index is -2.54. The highest BCUT2D eigenvalue weighted by molar-refractivity contribution is 9.10. The average molecular weight is 261 g/mol. The molecule has 0 N–H and O–H groups in total. The van der Waals surface area contributed by atoms with Gasteiger partial charge in [0.15, 0.2) is 0 Å². The lowest BCUT2D eigenvalue weighted by Gasteiger charge is -1.96. The molecule has 0 aliphatic rings. The van der Waals surface area contributed by atoms with Crippen molar-refractivity contribution in [2.45, 2.75) is 6.43 Å². The van der Waals surface area contributed by atoms with Crippen molar-refractivity contribution in [3.63, 3.8) is 0 Å². The number of rotatable bonds is 1. The molecule has 0 aliphatic carbocycles. The highest BCUT2D eigenvalue weighted by atomic mass is 79.9. The summed E-state index contributed by atoms with van der Waals surface area (Å²) in [5.41, 5.74) is 0.532. The fourth-order valence-electron chi connectivity index (χ4n) is 1.45. The minimum Gasteiger partial charge on any atom is -0.267 e. The first-order chi connectivity index (χ1) is 6.61. The van der Waals surface area contributed by atoms with Gasteiger partial charge in [0, 0.05) is 16.9 Å². The number of benzene rings is 1. The Labute approximate surface area is 87.6 Å². The lowest BCUT2D eigenvalue weighted by molar-refractivity contribution is 0.146. The topological polar surface area (TPSA) is 17.8 Å². The van der Waals surface area contributed by atoms with Crippen LogP contribution in [-0.2, 0) is 7.05 Å². The summed E-state index contributed by atoms with van der Waals surface area (Å²) in [6, 6.07) is 5.29. The van der Waals surface area contributed by atoms with Gasteiger partial charge in [0.25, 0.3) is 6.43 Å². The van der Waals surface area contributed by atoms with E-state index in [-0.39, 0.29) is 5.69 Å². The van der Waals surface area contributed by atoms with Crippen LogP contribution in [0.25, 0.3) is 10.9 Å². The van der Waals surface area contributed by atoms with E-state index >= 15 is 0 Å². The first-order valence-corrected chi connectivity index (χ1v) is 4.80. The summed E-state index contributed by atoms with van der Waals surface area (Å²) < 4.78 is 27.3. The number of alkyl halides is 2. The molecule has 0 bridgehead atoms. The molecule has 0 spiro atoms. The Bertz CT molecular complexity index is 479. The largest absolute Gasteiger partial charge is 0.282 e. The molecular formula is C9H7BrF2N2. The molecule has 2 aromatic rings. The van der Waals surface area contributed by atoms with E-state index in [1.807, 2.05) is 0 Å². The van der Waals surface area contributed by atoms with Gasteiger partial charge in [0.1, 0.15) is 5.69 Å². The zero-order valence-corrected chi connectivity index (χ0v) is 8.92. The summed E-state index contributed by atoms with van der Waals surface area (Å²) in [6.45, 7) is 0. The molecule has 0 unspecified atom stereocenters. The van der Waals surface area contributed by atoms with Crippen molar-refractivity contribution in [2.75, 3.05) is 0 Å². The van der Waals surface area contributed by atoms with Crippen molar-refractivity contribution in [1.29, 1.82) is 0 Å². The summed E-state index contributed by atoms with van der Waals surface area (Å²) in [6.07, 6.45) is -2.54. The molecule has 0 saturated heterocycles. The zero-order chi connectivity index (χ0) is 10.3. The first-order valence-electron chi connectivity index (χ1n) is 4.00. The Morgan fingerprint density at radius 1 is 1.43 bits per heavy atom. The zero-order valence-electron chi connectivity index (χ0n) is 7.34. The summed E-state index contributed by atoms with van der Waals surface area (Å²) in [5, 5.41) is 4.28. The Morgan fingerprint density at radius 2 is 2.14 bits per heavy atom. The number of nitrogens with zero attached hydrogens (tertiary/aromatic N) is 2. The number of hydrogen-bond donors (Lipinski definition) is 0. The maximum Gasteiger partial charge on any atom is 0.282 e. The molecule has 0 fully saturated rings. The average Bonchev–Trinajstić information content (AvgIpc) is 2.46. The van der Waals surface area contributed by atoms with Crippen molar-refractivity contribution in [1.82, 2.24) is 9.78 Å². The Morgan fingerprint density at radius 3 is 2.79 bits per heavy atom. The lowest BCUT2D eigenvalue weighted by Crippen LogP contribution is -1.91. The van der Waals surface area contributed by atoms with E-state index < -0.39 is 6.43 Å². The van der Waals surface area contributed by atoms with Crippen LogP contribution in [0, 0.1) is 0 Å². The van der Waals surface area contributed by atoms with Crippen LogP contribution in [0.3, 0.4) is 0 Å². The van der Waals surface area contributed by atoms with Gasteiger partial charge in [0.2, 0.25) is 0 Å². The molecule has 14 heavy (non-hydrogen) atoms. The number of aromatic nitrogens is 2. The molecular weight excluding hydrogens is 254 g/mol. The molecule has 5 heteroatoms. The Balaban J connectivity index is 2.86. The van der Waals surface area contributed by atoms with Crippen LogP contribution in [0.1, 0.15) is 12.1 Å². The van der Waals surface area contributed by atoms with Crippen LogP contribution in [0.15, 0.2) is 22.7 Å². The summed E-state index contributed by atoms with van der Waals surface area (Å²) in [5.74, 6) is 0. The van der Waals surface area contributed by atoms with E-state index in [1.165, 1.54) is 4.68 Å². The van der Waals surface area contributed by atoms with Crippen LogP contribution in [0.5, 0.6) is 0 Å². The van der Waals surface area contributed by atoms with Crippen molar-refractivity contribution in [2.24, 2.45) is 7.05 Å². The van der Waals surface area contributed by atoms with E-state index in [2.05, 4.69) is 21.0 Å². The van der Waals surface area contributed by atoms with E-state index in [9.17, 15) is 8.78 Å². The van der Waals surface area contributed by atoms with Gasteiger partial charge in [-0.2, -0.15) is 5.10 Å². The van der Waals surface area contributed by atoms with Gasteiger partial charge in [-0.25, -0.2) is 8.78 Å². The fourth-order valence-corrected chi connectivity index (χ4v) is 2.01. The molecule has 1 heterocycles. The second kappa shape index (κ2) is 3.31. The van der Waals surface area contributed by atoms with Crippen LogP contribution < -0.4 is 0 Å². The molecule has 1 aromatic heterocycles. The van der Waals surface area contributed by atoms with Crippen molar-refractivity contribution >= 4 is 26.8 Å². The lowest BCUT2D eigenvalue weighted by atomic mass is 10.2. The van der Waals surface area contributed by atoms with Crippen LogP contribution in [0.4, 0.5) is 8.78 Å². The molecule has 2 nitrogen and oxygen atoms in total. The predicted molar refractivity (Wildman–Crippen MR) is 53.4 cm³/mol. The van der Waals surface area contributed by atoms with Crippen molar-refractivity contribution in [3.8, 4) is 0 Å². The molecule has 2 rings (SSSR count). The molecule has 0 radical (unpaired) electrons. The van der Waals surface area contributed by atoms with Gasteiger partial charge >= 0.3 is 0 Å². The molecule has 0 atom stereocenters. The smallest absolute Gasteiger partial charge is 0.267 e. The number of halogens is 3. The fraction of sp³-hybridized carbons (Fsp3) is 0.222. The summed E-state index contributed by atoms with van der Waals surface area (Å²) >= 11 is 3.24. The normalized spacial score (nSPS) is 11.5. The molecule has 0 saturated carbocycles. The number of aryl methyl sites for hydroxylation is 1. The van der Waals surface area contributed by atoms with Gasteiger partial charge in [-0.1, -0.05) is 22.0 Å². The summed E-state index contributed by atoms with van der Waals surface area (Å²) in [4.78, 5) is 0. The SMILES string of the molecule is Cn1nc(C(F)F)c2c(Br)cccc21. The third-order valence-corrected chi connectivity index (χ3v) is 2.72. The quantitative estimate of drug-likeness (QED) is 0.770. The molecule has 0 aliphatic heterocycles. The number of fused-ring (bicyclic) bond motifs is 1. The number of hydrogen-bond acceptors (Lipinski definition) is 1. The van der Waals surface area contributed by atoms with Gasteiger partial charge in [-0.05, 0) is 12.1 Å².